The number of carbonyl (C=O) groups excluding carboxylic acids is 1. The third-order valence-corrected chi connectivity index (χ3v) is 1.11. The lowest BCUT2D eigenvalue weighted by molar-refractivity contribution is -0.138. The Kier molecular flexibility index (Phi) is 10.3. The fourth-order valence-electron chi connectivity index (χ4n) is 0.516. The summed E-state index contributed by atoms with van der Waals surface area (Å²) >= 11 is 0. The van der Waals surface area contributed by atoms with Crippen molar-refractivity contribution in [1.29, 1.82) is 0 Å². The highest BCUT2D eigenvalue weighted by molar-refractivity contribution is 8.93. The Morgan fingerprint density at radius 1 is 1.58 bits per heavy atom. The Bertz CT molecular complexity index is 148. The Labute approximate surface area is 83.9 Å². The normalized spacial score (nSPS) is 8.50. The Hall–Kier alpha value is -0.350. The van der Waals surface area contributed by atoms with Crippen molar-refractivity contribution < 1.29 is 9.53 Å². The highest BCUT2D eigenvalue weighted by Gasteiger charge is 2.00. The van der Waals surface area contributed by atoms with Crippen LogP contribution in [-0.2, 0) is 9.53 Å². The first kappa shape index (κ1) is 14.2. The van der Waals surface area contributed by atoms with Crippen LogP contribution >= 0.6 is 17.0 Å². The molecule has 0 amide bonds. The molecule has 0 heterocycles. The van der Waals surface area contributed by atoms with Gasteiger partial charge in [-0.15, -0.1) is 17.0 Å². The van der Waals surface area contributed by atoms with Gasteiger partial charge in [0, 0.05) is 12.1 Å². The summed E-state index contributed by atoms with van der Waals surface area (Å²) in [5, 5.41) is 3.04. The van der Waals surface area contributed by atoms with Gasteiger partial charge in [-0.2, -0.15) is 0 Å². The maximum Gasteiger partial charge on any atom is 0.333 e. The third kappa shape index (κ3) is 7.75. The summed E-state index contributed by atoms with van der Waals surface area (Å²) in [4.78, 5) is 10.8. The number of carbonyl (C=O) groups is 1. The lowest BCUT2D eigenvalue weighted by atomic mass is 10.4. The van der Waals surface area contributed by atoms with E-state index in [2.05, 4.69) is 11.9 Å². The predicted molar refractivity (Wildman–Crippen MR) is 54.6 cm³/mol. The fraction of sp³-hybridized carbons (Fsp3) is 0.625. The number of hydrogen-bond acceptors (Lipinski definition) is 3. The summed E-state index contributed by atoms with van der Waals surface area (Å²) in [7, 11) is 0. The zero-order valence-electron chi connectivity index (χ0n) is 7.55. The summed E-state index contributed by atoms with van der Waals surface area (Å²) < 4.78 is 4.80. The molecule has 0 aliphatic carbocycles. The molecule has 1 N–H and O–H groups in total. The van der Waals surface area contributed by atoms with Crippen molar-refractivity contribution in [3.8, 4) is 0 Å². The molecule has 0 aromatic heterocycles. The molecule has 0 saturated carbocycles. The maximum absolute atomic E-state index is 10.8. The van der Waals surface area contributed by atoms with Crippen LogP contribution in [0.5, 0.6) is 0 Å². The molecule has 0 radical (unpaired) electrons. The number of likely N-dealkylation sites (N-methyl/N-ethyl adjacent to an activating group) is 1. The molecule has 0 rings (SSSR count). The van der Waals surface area contributed by atoms with E-state index in [1.54, 1.807) is 6.92 Å². The minimum absolute atomic E-state index is 0. The number of halogens is 1. The molecule has 0 aromatic rings. The van der Waals surface area contributed by atoms with Crippen LogP contribution in [0.3, 0.4) is 0 Å². The summed E-state index contributed by atoms with van der Waals surface area (Å²) in [6, 6.07) is 0. The third-order valence-electron chi connectivity index (χ3n) is 1.11. The molecule has 0 atom stereocenters. The van der Waals surface area contributed by atoms with Gasteiger partial charge in [-0.1, -0.05) is 13.5 Å². The molecule has 4 heteroatoms. The largest absolute Gasteiger partial charge is 0.461 e. The minimum atomic E-state index is -0.317. The monoisotopic (exact) mass is 237 g/mol. The van der Waals surface area contributed by atoms with Crippen LogP contribution in [0.2, 0.25) is 0 Å². The molecule has 0 bridgehead atoms. The van der Waals surface area contributed by atoms with E-state index in [-0.39, 0.29) is 23.0 Å². The van der Waals surface area contributed by atoms with Gasteiger partial charge in [0.15, 0.2) is 0 Å². The first-order chi connectivity index (χ1) is 5.18. The van der Waals surface area contributed by atoms with Crippen LogP contribution in [0.25, 0.3) is 0 Å². The second kappa shape index (κ2) is 8.74. The average molecular weight is 238 g/mol. The highest BCUT2D eigenvalue weighted by Crippen LogP contribution is 1.90. The molecular weight excluding hydrogens is 222 g/mol. The van der Waals surface area contributed by atoms with Gasteiger partial charge in [0.25, 0.3) is 0 Å². The Morgan fingerprint density at radius 2 is 2.17 bits per heavy atom. The zero-order chi connectivity index (χ0) is 8.69. The predicted octanol–water partition coefficient (Wildman–Crippen LogP) is 1.29. The topological polar surface area (TPSA) is 38.3 Å². The molecule has 0 unspecified atom stereocenters. The molecule has 0 aliphatic heterocycles. The Balaban J connectivity index is 0. The zero-order valence-corrected chi connectivity index (χ0v) is 9.27. The van der Waals surface area contributed by atoms with Gasteiger partial charge in [-0.05, 0) is 13.5 Å². The highest BCUT2D eigenvalue weighted by atomic mass is 79.9. The van der Waals surface area contributed by atoms with Crippen molar-refractivity contribution in [3.63, 3.8) is 0 Å². The van der Waals surface area contributed by atoms with Gasteiger partial charge >= 0.3 is 5.97 Å². The van der Waals surface area contributed by atoms with E-state index in [0.717, 1.165) is 6.54 Å². The van der Waals surface area contributed by atoms with E-state index >= 15 is 0 Å². The molecule has 0 aromatic carbocycles. The van der Waals surface area contributed by atoms with Gasteiger partial charge in [-0.3, -0.25) is 0 Å². The lowest BCUT2D eigenvalue weighted by Crippen LogP contribution is -2.20. The van der Waals surface area contributed by atoms with Crippen molar-refractivity contribution in [2.24, 2.45) is 0 Å². The molecule has 12 heavy (non-hydrogen) atoms. The summed E-state index contributed by atoms with van der Waals surface area (Å²) in [5.41, 5.74) is 0.446. The van der Waals surface area contributed by atoms with E-state index < -0.39 is 0 Å². The molecule has 0 fully saturated rings. The van der Waals surface area contributed by atoms with E-state index in [0.29, 0.717) is 18.7 Å². The van der Waals surface area contributed by atoms with E-state index in [4.69, 9.17) is 4.74 Å². The van der Waals surface area contributed by atoms with Crippen molar-refractivity contribution >= 4 is 23.0 Å². The first-order valence-electron chi connectivity index (χ1n) is 3.71. The average Bonchev–Trinajstić information content (AvgIpc) is 1.97. The first-order valence-corrected chi connectivity index (χ1v) is 3.71. The smallest absolute Gasteiger partial charge is 0.333 e. The van der Waals surface area contributed by atoms with Crippen molar-refractivity contribution in [3.05, 3.63) is 12.2 Å². The SMILES string of the molecule is Br.C=C(C)C(=O)OCCNCC. The van der Waals surface area contributed by atoms with Crippen LogP contribution in [0.4, 0.5) is 0 Å². The van der Waals surface area contributed by atoms with Gasteiger partial charge in [0.05, 0.1) is 0 Å². The van der Waals surface area contributed by atoms with Crippen LogP contribution in [-0.4, -0.2) is 25.7 Å². The molecule has 0 saturated heterocycles. The van der Waals surface area contributed by atoms with Crippen LogP contribution in [0.1, 0.15) is 13.8 Å². The fourth-order valence-corrected chi connectivity index (χ4v) is 0.516. The van der Waals surface area contributed by atoms with Crippen molar-refractivity contribution in [1.82, 2.24) is 5.32 Å². The molecule has 0 spiro atoms. The van der Waals surface area contributed by atoms with E-state index in [1.807, 2.05) is 6.92 Å². The van der Waals surface area contributed by atoms with Crippen LogP contribution in [0, 0.1) is 0 Å². The van der Waals surface area contributed by atoms with Gasteiger partial charge in [0.1, 0.15) is 6.61 Å². The number of hydrogen-bond donors (Lipinski definition) is 1. The number of esters is 1. The van der Waals surface area contributed by atoms with Gasteiger partial charge in [0.2, 0.25) is 0 Å². The molecular formula is C8H16BrNO2. The van der Waals surface area contributed by atoms with Crippen LogP contribution < -0.4 is 5.32 Å². The number of ether oxygens (including phenoxy) is 1. The quantitative estimate of drug-likeness (QED) is 0.445. The Morgan fingerprint density at radius 3 is 2.58 bits per heavy atom. The van der Waals surface area contributed by atoms with Crippen LogP contribution in [0.15, 0.2) is 12.2 Å². The molecule has 72 valence electrons. The van der Waals surface area contributed by atoms with Crippen molar-refractivity contribution in [2.75, 3.05) is 19.7 Å². The summed E-state index contributed by atoms with van der Waals surface area (Å²) in [5.74, 6) is -0.317. The van der Waals surface area contributed by atoms with Crippen molar-refractivity contribution in [2.45, 2.75) is 13.8 Å². The second-order valence-electron chi connectivity index (χ2n) is 2.27. The lowest BCUT2D eigenvalue weighted by Gasteiger charge is -2.03. The standard InChI is InChI=1S/C8H15NO2.BrH/c1-4-9-5-6-11-8(10)7(2)3;/h9H,2,4-6H2,1,3H3;1H. The molecule has 0 aliphatic rings. The van der Waals surface area contributed by atoms with E-state index in [1.165, 1.54) is 0 Å². The second-order valence-corrected chi connectivity index (χ2v) is 2.27. The number of rotatable bonds is 5. The summed E-state index contributed by atoms with van der Waals surface area (Å²) in [6.07, 6.45) is 0. The summed E-state index contributed by atoms with van der Waals surface area (Å²) in [6.45, 7) is 9.11. The molecule has 3 nitrogen and oxygen atoms in total. The van der Waals surface area contributed by atoms with E-state index in [9.17, 15) is 4.79 Å². The maximum atomic E-state index is 10.8. The minimum Gasteiger partial charge on any atom is -0.461 e. The number of nitrogens with one attached hydrogen (secondary N) is 1. The van der Waals surface area contributed by atoms with Gasteiger partial charge < -0.3 is 10.1 Å². The van der Waals surface area contributed by atoms with Gasteiger partial charge in [-0.25, -0.2) is 4.79 Å².